The summed E-state index contributed by atoms with van der Waals surface area (Å²) in [5, 5.41) is 10.3. The van der Waals surface area contributed by atoms with Crippen LogP contribution in [-0.4, -0.2) is 16.3 Å². The van der Waals surface area contributed by atoms with Crippen LogP contribution in [0.2, 0.25) is 0 Å². The molecule has 0 radical (unpaired) electrons. The van der Waals surface area contributed by atoms with Crippen molar-refractivity contribution in [2.24, 2.45) is 0 Å². The number of H-pyrrole nitrogens is 1. The maximum Gasteiger partial charge on any atom is 0.150 e. The van der Waals surface area contributed by atoms with Crippen LogP contribution in [-0.2, 0) is 0 Å². The first-order chi connectivity index (χ1) is 10.3. The number of nitrogens with zero attached hydrogens (tertiary/aromatic N) is 2. The number of nitrogens with one attached hydrogen (secondary N) is 1. The number of carbonyl (C=O) groups excluding carboxylic acids is 1. The Morgan fingerprint density at radius 2 is 2.19 bits per heavy atom. The predicted octanol–water partition coefficient (Wildman–Crippen LogP) is 3.44. The molecule has 3 rings (SSSR count). The Labute approximate surface area is 121 Å². The van der Waals surface area contributed by atoms with Crippen LogP contribution in [0.15, 0.2) is 48.9 Å². The summed E-state index contributed by atoms with van der Waals surface area (Å²) in [6.07, 6.45) is 7.78. The van der Waals surface area contributed by atoms with E-state index in [9.17, 15) is 10.1 Å². The zero-order valence-corrected chi connectivity index (χ0v) is 11.1. The molecule has 0 fully saturated rings. The van der Waals surface area contributed by atoms with E-state index in [0.29, 0.717) is 11.1 Å². The molecule has 0 spiro atoms. The van der Waals surface area contributed by atoms with Gasteiger partial charge in [-0.05, 0) is 23.8 Å². The number of hydrogen-bond acceptors (Lipinski definition) is 3. The number of carbonyl (C=O) groups is 1. The van der Waals surface area contributed by atoms with Crippen molar-refractivity contribution in [2.45, 2.75) is 0 Å². The number of pyridine rings is 1. The number of aromatic nitrogens is 2. The number of benzene rings is 1. The number of allylic oxidation sites excluding steroid dienone is 1. The molecule has 21 heavy (non-hydrogen) atoms. The van der Waals surface area contributed by atoms with Gasteiger partial charge in [0, 0.05) is 40.6 Å². The number of fused-ring (bicyclic) bond motifs is 1. The van der Waals surface area contributed by atoms with Crippen molar-refractivity contribution in [2.75, 3.05) is 0 Å². The van der Waals surface area contributed by atoms with Crippen molar-refractivity contribution in [3.05, 3.63) is 65.6 Å². The summed E-state index contributed by atoms with van der Waals surface area (Å²) in [7, 11) is 0. The number of rotatable bonds is 3. The molecule has 4 nitrogen and oxygen atoms in total. The van der Waals surface area contributed by atoms with Gasteiger partial charge in [-0.25, -0.2) is 0 Å². The smallest absolute Gasteiger partial charge is 0.150 e. The fourth-order valence-electron chi connectivity index (χ4n) is 2.24. The van der Waals surface area contributed by atoms with Crippen molar-refractivity contribution in [1.29, 1.82) is 5.26 Å². The molecule has 0 unspecified atom stereocenters. The lowest BCUT2D eigenvalue weighted by atomic mass is 10.0. The van der Waals surface area contributed by atoms with Crippen molar-refractivity contribution >= 4 is 28.8 Å². The summed E-state index contributed by atoms with van der Waals surface area (Å²) in [6.45, 7) is 0. The first-order valence-electron chi connectivity index (χ1n) is 6.40. The molecule has 0 aliphatic carbocycles. The molecule has 0 bridgehead atoms. The van der Waals surface area contributed by atoms with E-state index >= 15 is 0 Å². The minimum atomic E-state index is 0.549. The van der Waals surface area contributed by atoms with Gasteiger partial charge in [0.25, 0.3) is 0 Å². The minimum Gasteiger partial charge on any atom is -0.360 e. The molecule has 1 aromatic carbocycles. The van der Waals surface area contributed by atoms with Crippen LogP contribution in [0.5, 0.6) is 0 Å². The Morgan fingerprint density at radius 1 is 1.29 bits per heavy atom. The summed E-state index contributed by atoms with van der Waals surface area (Å²) in [4.78, 5) is 17.9. The van der Waals surface area contributed by atoms with Crippen LogP contribution in [0.4, 0.5) is 0 Å². The zero-order valence-electron chi connectivity index (χ0n) is 11.1. The van der Waals surface area contributed by atoms with E-state index in [0.717, 1.165) is 28.3 Å². The Balaban J connectivity index is 2.12. The molecular weight excluding hydrogens is 262 g/mol. The van der Waals surface area contributed by atoms with Crippen LogP contribution in [0.1, 0.15) is 21.5 Å². The third-order valence-corrected chi connectivity index (χ3v) is 3.25. The van der Waals surface area contributed by atoms with Crippen molar-refractivity contribution in [1.82, 2.24) is 9.97 Å². The van der Waals surface area contributed by atoms with Gasteiger partial charge in [0.2, 0.25) is 0 Å². The number of hydrogen-bond donors (Lipinski definition) is 1. The highest BCUT2D eigenvalue weighted by Gasteiger charge is 2.09. The summed E-state index contributed by atoms with van der Waals surface area (Å²) < 4.78 is 0. The number of aldehydes is 1. The van der Waals surface area contributed by atoms with E-state index in [1.165, 1.54) is 0 Å². The first kappa shape index (κ1) is 12.8. The van der Waals surface area contributed by atoms with Crippen LogP contribution in [0.25, 0.3) is 22.6 Å². The Bertz CT molecular complexity index is 870. The average molecular weight is 273 g/mol. The molecule has 100 valence electrons. The fourth-order valence-corrected chi connectivity index (χ4v) is 2.24. The standard InChI is InChI=1S/C17H11N3O/c18-8-14(6-12-2-1-5-19-9-12)16-10-20-17-7-13(11-21)3-4-15(16)17/h1-7,9-11,20H/b14-6+. The molecule has 2 aromatic heterocycles. The molecule has 0 aliphatic rings. The lowest BCUT2D eigenvalue weighted by Crippen LogP contribution is -1.82. The molecule has 0 aliphatic heterocycles. The first-order valence-corrected chi connectivity index (χ1v) is 6.40. The molecule has 0 atom stereocenters. The second-order valence-corrected chi connectivity index (χ2v) is 4.58. The molecule has 2 heterocycles. The SMILES string of the molecule is N#C/C(=C\c1cccnc1)c1c[nH]c2cc(C=O)ccc12. The zero-order chi connectivity index (χ0) is 14.7. The van der Waals surface area contributed by atoms with E-state index in [4.69, 9.17) is 0 Å². The van der Waals surface area contributed by atoms with E-state index in [1.807, 2.05) is 18.2 Å². The van der Waals surface area contributed by atoms with E-state index < -0.39 is 0 Å². The van der Waals surface area contributed by atoms with Gasteiger partial charge in [-0.1, -0.05) is 18.2 Å². The maximum absolute atomic E-state index is 10.8. The topological polar surface area (TPSA) is 69.5 Å². The number of nitriles is 1. The van der Waals surface area contributed by atoms with Crippen LogP contribution in [0, 0.1) is 11.3 Å². The van der Waals surface area contributed by atoms with Gasteiger partial charge in [0.15, 0.2) is 0 Å². The third-order valence-electron chi connectivity index (χ3n) is 3.25. The van der Waals surface area contributed by atoms with E-state index in [2.05, 4.69) is 16.0 Å². The fraction of sp³-hybridized carbons (Fsp3) is 0. The largest absolute Gasteiger partial charge is 0.360 e. The number of aromatic amines is 1. The van der Waals surface area contributed by atoms with Gasteiger partial charge >= 0.3 is 0 Å². The second-order valence-electron chi connectivity index (χ2n) is 4.58. The van der Waals surface area contributed by atoms with Gasteiger partial charge < -0.3 is 4.98 Å². The maximum atomic E-state index is 10.8. The predicted molar refractivity (Wildman–Crippen MR) is 81.4 cm³/mol. The molecule has 3 aromatic rings. The summed E-state index contributed by atoms with van der Waals surface area (Å²) in [6, 6.07) is 11.3. The third kappa shape index (κ3) is 2.45. The lowest BCUT2D eigenvalue weighted by Gasteiger charge is -1.98. The normalized spacial score (nSPS) is 11.3. The van der Waals surface area contributed by atoms with Gasteiger partial charge in [0.1, 0.15) is 6.29 Å². The Morgan fingerprint density at radius 3 is 2.90 bits per heavy atom. The molecule has 4 heteroatoms. The lowest BCUT2D eigenvalue weighted by molar-refractivity contribution is 0.112. The van der Waals surface area contributed by atoms with Crippen molar-refractivity contribution in [3.8, 4) is 6.07 Å². The van der Waals surface area contributed by atoms with Crippen molar-refractivity contribution < 1.29 is 4.79 Å². The molecular formula is C17H11N3O. The quantitative estimate of drug-likeness (QED) is 0.587. The van der Waals surface area contributed by atoms with E-state index in [-0.39, 0.29) is 0 Å². The monoisotopic (exact) mass is 273 g/mol. The second kappa shape index (κ2) is 5.43. The van der Waals surface area contributed by atoms with Crippen LogP contribution >= 0.6 is 0 Å². The van der Waals surface area contributed by atoms with Gasteiger partial charge in [-0.15, -0.1) is 0 Å². The Kier molecular flexibility index (Phi) is 3.32. The van der Waals surface area contributed by atoms with Gasteiger partial charge in [-0.2, -0.15) is 5.26 Å². The molecule has 0 saturated carbocycles. The van der Waals surface area contributed by atoms with Crippen molar-refractivity contribution in [3.63, 3.8) is 0 Å². The van der Waals surface area contributed by atoms with Crippen LogP contribution in [0.3, 0.4) is 0 Å². The molecule has 0 saturated heterocycles. The highest BCUT2D eigenvalue weighted by Crippen LogP contribution is 2.26. The molecule has 1 N–H and O–H groups in total. The minimum absolute atomic E-state index is 0.549. The highest BCUT2D eigenvalue weighted by molar-refractivity contribution is 6.02. The summed E-state index contributed by atoms with van der Waals surface area (Å²) in [5.74, 6) is 0. The summed E-state index contributed by atoms with van der Waals surface area (Å²) in [5.41, 5.74) is 3.67. The molecule has 0 amide bonds. The average Bonchev–Trinajstić information content (AvgIpc) is 2.96. The summed E-state index contributed by atoms with van der Waals surface area (Å²) >= 11 is 0. The van der Waals surface area contributed by atoms with Crippen LogP contribution < -0.4 is 0 Å². The highest BCUT2D eigenvalue weighted by atomic mass is 16.1. The van der Waals surface area contributed by atoms with E-state index in [1.54, 1.807) is 36.8 Å². The van der Waals surface area contributed by atoms with Gasteiger partial charge in [-0.3, -0.25) is 9.78 Å². The Hall–Kier alpha value is -3.19. The van der Waals surface area contributed by atoms with Gasteiger partial charge in [0.05, 0.1) is 11.6 Å².